The van der Waals surface area contributed by atoms with Crippen molar-refractivity contribution in [2.24, 2.45) is 0 Å². The van der Waals surface area contributed by atoms with Gasteiger partial charge in [-0.05, 0) is 18.9 Å². The summed E-state index contributed by atoms with van der Waals surface area (Å²) in [5.74, 6) is 0. The Hall–Kier alpha value is -2.20. The Bertz CT molecular complexity index is 746. The number of ether oxygens (including phenoxy) is 1. The Morgan fingerprint density at radius 3 is 2.78 bits per heavy atom. The predicted octanol–water partition coefficient (Wildman–Crippen LogP) is 0.856. The van der Waals surface area contributed by atoms with E-state index in [0.29, 0.717) is 6.54 Å². The number of amides is 1. The van der Waals surface area contributed by atoms with Gasteiger partial charge in [0.15, 0.2) is 0 Å². The molecular weight excluding hydrogens is 326 g/mol. The van der Waals surface area contributed by atoms with Crippen LogP contribution in [0.2, 0.25) is 0 Å². The lowest BCUT2D eigenvalue weighted by atomic mass is 10.3. The minimum Gasteiger partial charge on any atom is -0.443 e. The molecule has 1 aromatic carbocycles. The molecule has 1 aliphatic carbocycles. The summed E-state index contributed by atoms with van der Waals surface area (Å²) in [4.78, 5) is 23.1. The first kappa shape index (κ1) is 15.7. The molecule has 9 nitrogen and oxygen atoms in total. The van der Waals surface area contributed by atoms with Crippen LogP contribution in [-0.2, 0) is 14.8 Å². The number of nitro benzene ring substituents is 1. The average Bonchev–Trinajstić information content (AvgIpc) is 3.29. The van der Waals surface area contributed by atoms with Crippen molar-refractivity contribution in [2.45, 2.75) is 29.9 Å². The van der Waals surface area contributed by atoms with Gasteiger partial charge in [0.25, 0.3) is 5.69 Å². The van der Waals surface area contributed by atoms with Crippen molar-refractivity contribution in [3.8, 4) is 0 Å². The normalized spacial score (nSPS) is 21.3. The minimum absolute atomic E-state index is 0.0695. The van der Waals surface area contributed by atoms with Crippen LogP contribution in [0.4, 0.5) is 10.5 Å². The lowest BCUT2D eigenvalue weighted by molar-refractivity contribution is -0.385. The number of non-ortho nitro benzene ring substituents is 1. The maximum absolute atomic E-state index is 12.2. The summed E-state index contributed by atoms with van der Waals surface area (Å²) in [5.41, 5.74) is -0.305. The quantitative estimate of drug-likeness (QED) is 0.605. The first-order valence-corrected chi connectivity index (χ1v) is 8.56. The van der Waals surface area contributed by atoms with Crippen molar-refractivity contribution in [3.05, 3.63) is 34.4 Å². The lowest BCUT2D eigenvalue weighted by Crippen LogP contribution is -2.35. The summed E-state index contributed by atoms with van der Waals surface area (Å²) in [5, 5.41) is 10.7. The van der Waals surface area contributed by atoms with E-state index in [1.165, 1.54) is 18.2 Å². The van der Waals surface area contributed by atoms with Gasteiger partial charge in [-0.1, -0.05) is 6.07 Å². The number of sulfonamides is 1. The van der Waals surface area contributed by atoms with Gasteiger partial charge >= 0.3 is 6.09 Å². The van der Waals surface area contributed by atoms with Gasteiger partial charge in [-0.15, -0.1) is 0 Å². The molecule has 1 saturated heterocycles. The maximum atomic E-state index is 12.2. The van der Waals surface area contributed by atoms with E-state index in [1.807, 2.05) is 0 Å². The van der Waals surface area contributed by atoms with Crippen LogP contribution in [0.1, 0.15) is 12.8 Å². The standard InChI is InChI=1S/C13H15N3O6S/c17-13-15(9-4-5-9)8-11(22-13)7-14-23(20,21)12-3-1-2-10(6-12)16(18)19/h1-3,6,9,11,14H,4-5,7-8H2. The third-order valence-corrected chi connectivity index (χ3v) is 5.15. The molecule has 0 aromatic heterocycles. The molecule has 124 valence electrons. The van der Waals surface area contributed by atoms with Crippen molar-refractivity contribution in [3.63, 3.8) is 0 Å². The minimum atomic E-state index is -3.91. The van der Waals surface area contributed by atoms with Gasteiger partial charge in [-0.2, -0.15) is 0 Å². The molecule has 2 fully saturated rings. The third-order valence-electron chi connectivity index (χ3n) is 3.73. The number of carbonyl (C=O) groups excluding carboxylic acids is 1. The van der Waals surface area contributed by atoms with Gasteiger partial charge in [0.2, 0.25) is 10.0 Å². The molecule has 1 heterocycles. The number of cyclic esters (lactones) is 1. The van der Waals surface area contributed by atoms with Crippen LogP contribution in [-0.4, -0.2) is 49.6 Å². The molecule has 1 aliphatic heterocycles. The van der Waals surface area contributed by atoms with Crippen molar-refractivity contribution in [2.75, 3.05) is 13.1 Å². The molecular formula is C13H15N3O6S. The SMILES string of the molecule is O=C1OC(CNS(=O)(=O)c2cccc([N+](=O)[O-])c2)CN1C1CC1. The van der Waals surface area contributed by atoms with Crippen molar-refractivity contribution in [1.82, 2.24) is 9.62 Å². The third kappa shape index (κ3) is 3.42. The van der Waals surface area contributed by atoms with Crippen LogP contribution in [0, 0.1) is 10.1 Å². The number of nitrogens with one attached hydrogen (secondary N) is 1. The number of benzene rings is 1. The zero-order valence-corrected chi connectivity index (χ0v) is 12.9. The Labute approximate surface area is 132 Å². The van der Waals surface area contributed by atoms with Crippen LogP contribution in [0.15, 0.2) is 29.2 Å². The van der Waals surface area contributed by atoms with Gasteiger partial charge < -0.3 is 9.64 Å². The fourth-order valence-corrected chi connectivity index (χ4v) is 3.49. The predicted molar refractivity (Wildman–Crippen MR) is 78.3 cm³/mol. The molecule has 1 unspecified atom stereocenters. The average molecular weight is 341 g/mol. The van der Waals surface area contributed by atoms with E-state index in [2.05, 4.69) is 4.72 Å². The summed E-state index contributed by atoms with van der Waals surface area (Å²) in [6.07, 6.45) is 0.909. The fraction of sp³-hybridized carbons (Fsp3) is 0.462. The molecule has 23 heavy (non-hydrogen) atoms. The summed E-state index contributed by atoms with van der Waals surface area (Å²) >= 11 is 0. The second-order valence-corrected chi connectivity index (χ2v) is 7.26. The summed E-state index contributed by atoms with van der Waals surface area (Å²) in [7, 11) is -3.91. The van der Waals surface area contributed by atoms with E-state index in [4.69, 9.17) is 4.74 Å². The van der Waals surface area contributed by atoms with Gasteiger partial charge in [-0.3, -0.25) is 10.1 Å². The zero-order valence-electron chi connectivity index (χ0n) is 12.0. The van der Waals surface area contributed by atoms with Crippen molar-refractivity contribution in [1.29, 1.82) is 0 Å². The molecule has 0 bridgehead atoms. The molecule has 1 atom stereocenters. The van der Waals surface area contributed by atoms with Crippen molar-refractivity contribution >= 4 is 21.8 Å². The molecule has 0 radical (unpaired) electrons. The molecule has 10 heteroatoms. The molecule has 1 amide bonds. The van der Waals surface area contributed by atoms with Crippen LogP contribution in [0.3, 0.4) is 0 Å². The lowest BCUT2D eigenvalue weighted by Gasteiger charge is -2.11. The van der Waals surface area contributed by atoms with E-state index in [1.54, 1.807) is 4.90 Å². The molecule has 1 N–H and O–H groups in total. The number of rotatable bonds is 6. The first-order chi connectivity index (χ1) is 10.9. The zero-order chi connectivity index (χ0) is 16.6. The number of nitro groups is 1. The van der Waals surface area contributed by atoms with E-state index in [-0.39, 0.29) is 23.2 Å². The largest absolute Gasteiger partial charge is 0.443 e. The van der Waals surface area contributed by atoms with Gasteiger partial charge in [0, 0.05) is 24.7 Å². The van der Waals surface area contributed by atoms with Gasteiger partial charge in [0.1, 0.15) is 6.10 Å². The maximum Gasteiger partial charge on any atom is 0.410 e. The van der Waals surface area contributed by atoms with E-state index in [0.717, 1.165) is 18.9 Å². The Balaban J connectivity index is 1.64. The smallest absolute Gasteiger partial charge is 0.410 e. The Morgan fingerprint density at radius 2 is 2.13 bits per heavy atom. The van der Waals surface area contributed by atoms with Gasteiger partial charge in [-0.25, -0.2) is 17.9 Å². The highest BCUT2D eigenvalue weighted by Gasteiger charge is 2.41. The fourth-order valence-electron chi connectivity index (χ4n) is 2.38. The highest BCUT2D eigenvalue weighted by molar-refractivity contribution is 7.89. The first-order valence-electron chi connectivity index (χ1n) is 7.08. The summed E-state index contributed by atoms with van der Waals surface area (Å²) in [6.45, 7) is 0.279. The molecule has 2 aliphatic rings. The number of hydrogen-bond acceptors (Lipinski definition) is 6. The molecule has 3 rings (SSSR count). The van der Waals surface area contributed by atoms with Crippen LogP contribution in [0.25, 0.3) is 0 Å². The van der Waals surface area contributed by atoms with Crippen LogP contribution >= 0.6 is 0 Å². The molecule has 1 aromatic rings. The second-order valence-electron chi connectivity index (χ2n) is 5.50. The Morgan fingerprint density at radius 1 is 1.39 bits per heavy atom. The number of hydrogen-bond donors (Lipinski definition) is 1. The summed E-state index contributed by atoms with van der Waals surface area (Å²) < 4.78 is 31.8. The van der Waals surface area contributed by atoms with E-state index in [9.17, 15) is 23.3 Å². The number of carbonyl (C=O) groups is 1. The van der Waals surface area contributed by atoms with E-state index < -0.39 is 27.1 Å². The second kappa shape index (κ2) is 5.78. The highest BCUT2D eigenvalue weighted by atomic mass is 32.2. The van der Waals surface area contributed by atoms with Crippen molar-refractivity contribution < 1.29 is 22.9 Å². The monoisotopic (exact) mass is 341 g/mol. The van der Waals surface area contributed by atoms with Crippen LogP contribution in [0.5, 0.6) is 0 Å². The van der Waals surface area contributed by atoms with E-state index >= 15 is 0 Å². The van der Waals surface area contributed by atoms with Crippen LogP contribution < -0.4 is 4.72 Å². The van der Waals surface area contributed by atoms with Gasteiger partial charge in [0.05, 0.1) is 16.4 Å². The Kier molecular flexibility index (Phi) is 3.94. The summed E-state index contributed by atoms with van der Waals surface area (Å²) in [6, 6.07) is 4.98. The topological polar surface area (TPSA) is 119 Å². The number of nitrogens with zero attached hydrogens (tertiary/aromatic N) is 2. The molecule has 0 spiro atoms. The highest BCUT2D eigenvalue weighted by Crippen LogP contribution is 2.30. The molecule has 1 saturated carbocycles.